The Balaban J connectivity index is 1.59. The van der Waals surface area contributed by atoms with Crippen LogP contribution in [0.3, 0.4) is 0 Å². The summed E-state index contributed by atoms with van der Waals surface area (Å²) >= 11 is 0. The van der Waals surface area contributed by atoms with E-state index in [4.69, 9.17) is 5.26 Å². The number of fused-ring (bicyclic) bond motifs is 1. The number of carbonyl (C=O) groups is 1. The molecule has 2 aromatic rings. The van der Waals surface area contributed by atoms with Crippen LogP contribution >= 0.6 is 0 Å². The van der Waals surface area contributed by atoms with Gasteiger partial charge in [-0.15, -0.1) is 0 Å². The SMILES string of the molecule is Cn1cc(C#N)cc1C(=O)NC[C@@H]1CCc2nccn2C1. The molecule has 0 aliphatic carbocycles. The van der Waals surface area contributed by atoms with Crippen molar-refractivity contribution in [1.82, 2.24) is 19.4 Å². The van der Waals surface area contributed by atoms with Gasteiger partial charge >= 0.3 is 0 Å². The number of nitrogens with zero attached hydrogens (tertiary/aromatic N) is 4. The molecule has 1 N–H and O–H groups in total. The fraction of sp³-hybridized carbons (Fsp3) is 0.400. The van der Waals surface area contributed by atoms with Gasteiger partial charge in [-0.3, -0.25) is 4.79 Å². The summed E-state index contributed by atoms with van der Waals surface area (Å²) in [6, 6.07) is 3.66. The first-order valence-corrected chi connectivity index (χ1v) is 7.02. The second-order valence-corrected chi connectivity index (χ2v) is 5.45. The number of aryl methyl sites for hydroxylation is 2. The highest BCUT2D eigenvalue weighted by molar-refractivity contribution is 5.93. The summed E-state index contributed by atoms with van der Waals surface area (Å²) in [4.78, 5) is 16.5. The lowest BCUT2D eigenvalue weighted by Gasteiger charge is -2.23. The maximum atomic E-state index is 12.2. The molecule has 6 nitrogen and oxygen atoms in total. The molecule has 1 aliphatic heterocycles. The molecule has 2 aromatic heterocycles. The molecule has 0 saturated heterocycles. The molecule has 0 unspecified atom stereocenters. The Morgan fingerprint density at radius 2 is 2.48 bits per heavy atom. The van der Waals surface area contributed by atoms with Gasteiger partial charge < -0.3 is 14.5 Å². The molecule has 0 spiro atoms. The fourth-order valence-corrected chi connectivity index (χ4v) is 2.78. The lowest BCUT2D eigenvalue weighted by atomic mass is 9.99. The number of nitrogens with one attached hydrogen (secondary N) is 1. The van der Waals surface area contributed by atoms with Crippen LogP contribution in [0.5, 0.6) is 0 Å². The topological polar surface area (TPSA) is 75.6 Å². The van der Waals surface area contributed by atoms with Crippen molar-refractivity contribution in [2.45, 2.75) is 19.4 Å². The predicted octanol–water partition coefficient (Wildman–Crippen LogP) is 1.09. The lowest BCUT2D eigenvalue weighted by Crippen LogP contribution is -2.34. The first-order valence-electron chi connectivity index (χ1n) is 7.02. The Morgan fingerprint density at radius 1 is 1.62 bits per heavy atom. The van der Waals surface area contributed by atoms with E-state index in [2.05, 4.69) is 14.9 Å². The van der Waals surface area contributed by atoms with Crippen molar-refractivity contribution < 1.29 is 4.79 Å². The zero-order valence-electron chi connectivity index (χ0n) is 11.9. The van der Waals surface area contributed by atoms with Gasteiger partial charge in [-0.25, -0.2) is 4.98 Å². The third kappa shape index (κ3) is 2.68. The summed E-state index contributed by atoms with van der Waals surface area (Å²) in [6.45, 7) is 1.54. The Hall–Kier alpha value is -2.55. The van der Waals surface area contributed by atoms with Gasteiger partial charge in [0.15, 0.2) is 0 Å². The normalized spacial score (nSPS) is 17.0. The molecule has 0 saturated carbocycles. The number of amides is 1. The predicted molar refractivity (Wildman–Crippen MR) is 76.5 cm³/mol. The van der Waals surface area contributed by atoms with Crippen molar-refractivity contribution in [2.75, 3.05) is 6.54 Å². The van der Waals surface area contributed by atoms with Gasteiger partial charge in [0.1, 0.15) is 17.6 Å². The lowest BCUT2D eigenvalue weighted by molar-refractivity contribution is 0.0935. The van der Waals surface area contributed by atoms with Gasteiger partial charge in [0.05, 0.1) is 5.56 Å². The molecule has 1 atom stereocenters. The van der Waals surface area contributed by atoms with Gasteiger partial charge in [0.25, 0.3) is 5.91 Å². The molecule has 1 aliphatic rings. The molecule has 6 heteroatoms. The molecular weight excluding hydrogens is 266 g/mol. The highest BCUT2D eigenvalue weighted by atomic mass is 16.1. The number of rotatable bonds is 3. The van der Waals surface area contributed by atoms with Crippen LogP contribution in [0.15, 0.2) is 24.7 Å². The van der Waals surface area contributed by atoms with Crippen molar-refractivity contribution in [3.8, 4) is 6.07 Å². The van der Waals surface area contributed by atoms with Gasteiger partial charge in [-0.05, 0) is 18.4 Å². The minimum atomic E-state index is -0.129. The Bertz CT molecular complexity index is 706. The van der Waals surface area contributed by atoms with Crippen LogP contribution in [0.1, 0.15) is 28.3 Å². The molecule has 0 radical (unpaired) electrons. The van der Waals surface area contributed by atoms with Gasteiger partial charge in [-0.1, -0.05) is 0 Å². The molecule has 1 amide bonds. The first kappa shape index (κ1) is 13.4. The third-order valence-electron chi connectivity index (χ3n) is 3.95. The zero-order valence-corrected chi connectivity index (χ0v) is 11.9. The molecular formula is C15H17N5O. The van der Waals surface area contributed by atoms with Crippen LogP contribution in [-0.4, -0.2) is 26.6 Å². The highest BCUT2D eigenvalue weighted by Gasteiger charge is 2.20. The van der Waals surface area contributed by atoms with Crippen molar-refractivity contribution in [3.63, 3.8) is 0 Å². The van der Waals surface area contributed by atoms with Crippen LogP contribution in [-0.2, 0) is 20.0 Å². The molecule has 3 rings (SSSR count). The zero-order chi connectivity index (χ0) is 14.8. The Kier molecular flexibility index (Phi) is 3.48. The van der Waals surface area contributed by atoms with Crippen LogP contribution in [0.25, 0.3) is 0 Å². The maximum Gasteiger partial charge on any atom is 0.267 e. The van der Waals surface area contributed by atoms with E-state index >= 15 is 0 Å². The number of hydrogen-bond donors (Lipinski definition) is 1. The van der Waals surface area contributed by atoms with Crippen molar-refractivity contribution in [1.29, 1.82) is 5.26 Å². The minimum Gasteiger partial charge on any atom is -0.350 e. The summed E-state index contributed by atoms with van der Waals surface area (Å²) in [5, 5.41) is 11.8. The van der Waals surface area contributed by atoms with E-state index in [1.165, 1.54) is 0 Å². The molecule has 3 heterocycles. The van der Waals surface area contributed by atoms with E-state index in [-0.39, 0.29) is 5.91 Å². The van der Waals surface area contributed by atoms with E-state index in [1.54, 1.807) is 23.9 Å². The number of nitriles is 1. The average Bonchev–Trinajstić information content (AvgIpc) is 3.10. The van der Waals surface area contributed by atoms with Crippen LogP contribution < -0.4 is 5.32 Å². The Morgan fingerprint density at radius 3 is 3.24 bits per heavy atom. The molecule has 0 aromatic carbocycles. The summed E-state index contributed by atoms with van der Waals surface area (Å²) < 4.78 is 3.83. The minimum absolute atomic E-state index is 0.129. The second-order valence-electron chi connectivity index (χ2n) is 5.45. The van der Waals surface area contributed by atoms with Crippen LogP contribution in [0, 0.1) is 17.2 Å². The number of imidazole rings is 1. The number of aromatic nitrogens is 3. The average molecular weight is 283 g/mol. The van der Waals surface area contributed by atoms with E-state index in [1.807, 2.05) is 18.5 Å². The van der Waals surface area contributed by atoms with Crippen molar-refractivity contribution in [2.24, 2.45) is 13.0 Å². The monoisotopic (exact) mass is 283 g/mol. The highest BCUT2D eigenvalue weighted by Crippen LogP contribution is 2.18. The number of carbonyl (C=O) groups excluding carboxylic acids is 1. The summed E-state index contributed by atoms with van der Waals surface area (Å²) in [7, 11) is 1.77. The molecule has 108 valence electrons. The van der Waals surface area contributed by atoms with Crippen molar-refractivity contribution in [3.05, 3.63) is 41.7 Å². The number of hydrogen-bond acceptors (Lipinski definition) is 3. The van der Waals surface area contributed by atoms with E-state index < -0.39 is 0 Å². The van der Waals surface area contributed by atoms with Crippen LogP contribution in [0.4, 0.5) is 0 Å². The molecule has 0 fully saturated rings. The summed E-state index contributed by atoms with van der Waals surface area (Å²) in [5.74, 6) is 1.42. The second kappa shape index (κ2) is 5.44. The third-order valence-corrected chi connectivity index (χ3v) is 3.95. The van der Waals surface area contributed by atoms with Gasteiger partial charge in [0, 0.05) is 45.1 Å². The first-order chi connectivity index (χ1) is 10.2. The molecule has 21 heavy (non-hydrogen) atoms. The molecule has 0 bridgehead atoms. The maximum absolute atomic E-state index is 12.2. The van der Waals surface area contributed by atoms with Crippen molar-refractivity contribution >= 4 is 5.91 Å². The quantitative estimate of drug-likeness (QED) is 0.916. The standard InChI is InChI=1S/C15H17N5O/c1-19-9-12(7-16)6-13(19)15(21)18-8-11-2-3-14-17-4-5-20(14)10-11/h4-6,9,11H,2-3,8,10H2,1H3,(H,18,21)/t11-/m0/s1. The van der Waals surface area contributed by atoms with E-state index in [0.717, 1.165) is 25.2 Å². The van der Waals surface area contributed by atoms with Crippen LogP contribution in [0.2, 0.25) is 0 Å². The smallest absolute Gasteiger partial charge is 0.267 e. The Labute approximate surface area is 123 Å². The summed E-state index contributed by atoms with van der Waals surface area (Å²) in [5.41, 5.74) is 1.02. The summed E-state index contributed by atoms with van der Waals surface area (Å²) in [6.07, 6.45) is 7.46. The van der Waals surface area contributed by atoms with E-state index in [0.29, 0.717) is 23.7 Å². The largest absolute Gasteiger partial charge is 0.350 e. The fourth-order valence-electron chi connectivity index (χ4n) is 2.78. The van der Waals surface area contributed by atoms with Gasteiger partial charge in [0.2, 0.25) is 0 Å². The van der Waals surface area contributed by atoms with Gasteiger partial charge in [-0.2, -0.15) is 5.26 Å². The van der Waals surface area contributed by atoms with E-state index in [9.17, 15) is 4.79 Å².